The number of aromatic nitrogens is 6. The third-order valence-electron chi connectivity index (χ3n) is 5.09. The van der Waals surface area contributed by atoms with Crippen molar-refractivity contribution in [3.63, 3.8) is 0 Å². The van der Waals surface area contributed by atoms with E-state index in [4.69, 9.17) is 9.57 Å². The Morgan fingerprint density at radius 2 is 1.71 bits per heavy atom. The molecule has 4 rings (SSSR count). The van der Waals surface area contributed by atoms with Crippen LogP contribution in [0.3, 0.4) is 0 Å². The molecule has 196 valence electrons. The number of carbonyl (C=O) groups is 1. The lowest BCUT2D eigenvalue weighted by Gasteiger charge is -2.17. The molecule has 0 aliphatic rings. The third kappa shape index (κ3) is 6.13. The van der Waals surface area contributed by atoms with Gasteiger partial charge in [-0.2, -0.15) is 0 Å². The monoisotopic (exact) mass is 519 g/mol. The smallest absolute Gasteiger partial charge is 0.297 e. The third-order valence-corrected chi connectivity index (χ3v) is 5.09. The molecule has 0 bridgehead atoms. The van der Waals surface area contributed by atoms with Crippen molar-refractivity contribution in [1.82, 2.24) is 35.6 Å². The number of rotatable bonds is 9. The van der Waals surface area contributed by atoms with Crippen molar-refractivity contribution in [2.24, 2.45) is 0 Å². The molecule has 38 heavy (non-hydrogen) atoms. The molecule has 0 saturated heterocycles. The minimum atomic E-state index is -0.653. The highest BCUT2D eigenvalue weighted by Crippen LogP contribution is 2.38. The number of ether oxygens (including phenoxy) is 1. The Labute approximate surface area is 218 Å². The lowest BCUT2D eigenvalue weighted by Crippen LogP contribution is -2.26. The van der Waals surface area contributed by atoms with E-state index < -0.39 is 11.7 Å². The van der Waals surface area contributed by atoms with Crippen molar-refractivity contribution < 1.29 is 18.8 Å². The maximum atomic E-state index is 14.8. The van der Waals surface area contributed by atoms with Gasteiger partial charge in [-0.1, -0.05) is 0 Å². The van der Waals surface area contributed by atoms with Crippen LogP contribution in [0.15, 0.2) is 36.7 Å². The lowest BCUT2D eigenvalue weighted by molar-refractivity contribution is 0.0360. The van der Waals surface area contributed by atoms with Crippen molar-refractivity contribution in [2.75, 3.05) is 24.4 Å². The Balaban J connectivity index is 1.77. The van der Waals surface area contributed by atoms with Crippen LogP contribution in [0.5, 0.6) is 5.75 Å². The topological polar surface area (TPSA) is 149 Å². The molecule has 0 spiro atoms. The van der Waals surface area contributed by atoms with E-state index in [1.54, 1.807) is 32.3 Å². The fourth-order valence-electron chi connectivity index (χ4n) is 3.56. The molecule has 0 saturated carbocycles. The van der Waals surface area contributed by atoms with Gasteiger partial charge in [0.2, 0.25) is 0 Å². The summed E-state index contributed by atoms with van der Waals surface area (Å²) in [5.74, 6) is 0.648. The van der Waals surface area contributed by atoms with E-state index in [1.807, 2.05) is 13.8 Å². The van der Waals surface area contributed by atoms with Gasteiger partial charge in [0.05, 0.1) is 30.7 Å². The standard InChI is InChI=1S/C25H26FN9O3/c1-6-38-35-25(36)22-18(10-21(33-34-22)32-20-7-14(3)29-15(4)30-20)31-19-9-16(26)8-17(23(19)37-5)24-27-11-13(2)12-28-24/h7-12H,6H2,1-5H3,(H,35,36)(H2,29,30,31,32,33). The Bertz CT molecular complexity index is 1450. The fourth-order valence-corrected chi connectivity index (χ4v) is 3.56. The maximum Gasteiger partial charge on any atom is 0.297 e. The Morgan fingerprint density at radius 1 is 0.947 bits per heavy atom. The number of methoxy groups -OCH3 is 1. The zero-order valence-corrected chi connectivity index (χ0v) is 21.5. The molecule has 0 unspecified atom stereocenters. The average Bonchev–Trinajstić information content (AvgIpc) is 2.87. The van der Waals surface area contributed by atoms with E-state index in [0.717, 1.165) is 11.3 Å². The van der Waals surface area contributed by atoms with Gasteiger partial charge in [-0.3, -0.25) is 9.63 Å². The van der Waals surface area contributed by atoms with Crippen molar-refractivity contribution in [2.45, 2.75) is 27.7 Å². The van der Waals surface area contributed by atoms with Crippen molar-refractivity contribution >= 4 is 28.9 Å². The number of halogens is 1. The van der Waals surface area contributed by atoms with Crippen molar-refractivity contribution in [3.8, 4) is 17.1 Å². The van der Waals surface area contributed by atoms with Gasteiger partial charge in [-0.25, -0.2) is 29.8 Å². The minimum absolute atomic E-state index is 0.0986. The second kappa shape index (κ2) is 11.5. The first kappa shape index (κ1) is 26.3. The number of nitrogens with one attached hydrogen (secondary N) is 3. The maximum absolute atomic E-state index is 14.8. The highest BCUT2D eigenvalue weighted by Gasteiger charge is 2.21. The Hall–Kier alpha value is -4.78. The number of hydroxylamine groups is 1. The number of hydrogen-bond donors (Lipinski definition) is 3. The Kier molecular flexibility index (Phi) is 7.97. The van der Waals surface area contributed by atoms with Crippen LogP contribution >= 0.6 is 0 Å². The second-order valence-electron chi connectivity index (χ2n) is 8.17. The first-order valence-corrected chi connectivity index (χ1v) is 11.6. The van der Waals surface area contributed by atoms with Crippen LogP contribution < -0.4 is 20.9 Å². The summed E-state index contributed by atoms with van der Waals surface area (Å²) in [4.78, 5) is 35.0. The van der Waals surface area contributed by atoms with E-state index >= 15 is 0 Å². The molecular weight excluding hydrogens is 493 g/mol. The molecule has 13 heteroatoms. The van der Waals surface area contributed by atoms with Gasteiger partial charge in [0.1, 0.15) is 17.5 Å². The van der Waals surface area contributed by atoms with Crippen molar-refractivity contribution in [3.05, 3.63) is 65.3 Å². The van der Waals surface area contributed by atoms with Gasteiger partial charge >= 0.3 is 0 Å². The molecule has 4 aromatic rings. The molecule has 12 nitrogen and oxygen atoms in total. The lowest BCUT2D eigenvalue weighted by atomic mass is 10.1. The highest BCUT2D eigenvalue weighted by atomic mass is 19.1. The number of hydrogen-bond acceptors (Lipinski definition) is 11. The zero-order valence-electron chi connectivity index (χ0n) is 21.5. The highest BCUT2D eigenvalue weighted by molar-refractivity contribution is 5.98. The summed E-state index contributed by atoms with van der Waals surface area (Å²) in [6.45, 7) is 7.41. The molecule has 1 amide bonds. The summed E-state index contributed by atoms with van der Waals surface area (Å²) in [5.41, 5.74) is 4.54. The quantitative estimate of drug-likeness (QED) is 0.276. The first-order chi connectivity index (χ1) is 18.3. The van der Waals surface area contributed by atoms with Crippen LogP contribution in [0.25, 0.3) is 11.4 Å². The van der Waals surface area contributed by atoms with Gasteiger partial charge in [0.25, 0.3) is 5.91 Å². The number of benzene rings is 1. The number of anilines is 4. The molecule has 3 heterocycles. The molecular formula is C25H26FN9O3. The van der Waals surface area contributed by atoms with Crippen LogP contribution in [-0.4, -0.2) is 49.8 Å². The molecule has 0 radical (unpaired) electrons. The normalized spacial score (nSPS) is 10.7. The summed E-state index contributed by atoms with van der Waals surface area (Å²) in [6, 6.07) is 5.77. The predicted octanol–water partition coefficient (Wildman–Crippen LogP) is 3.97. The summed E-state index contributed by atoms with van der Waals surface area (Å²) < 4.78 is 20.4. The van der Waals surface area contributed by atoms with E-state index in [1.165, 1.54) is 25.3 Å². The number of amides is 1. The van der Waals surface area contributed by atoms with E-state index in [0.29, 0.717) is 17.2 Å². The molecule has 0 aliphatic carbocycles. The van der Waals surface area contributed by atoms with Gasteiger partial charge < -0.3 is 15.4 Å². The van der Waals surface area contributed by atoms with Gasteiger partial charge in [0.15, 0.2) is 23.1 Å². The van der Waals surface area contributed by atoms with Gasteiger partial charge in [0, 0.05) is 36.3 Å². The number of nitrogens with zero attached hydrogens (tertiary/aromatic N) is 6. The summed E-state index contributed by atoms with van der Waals surface area (Å²) in [6.07, 6.45) is 3.24. The van der Waals surface area contributed by atoms with Crippen molar-refractivity contribution in [1.29, 1.82) is 0 Å². The largest absolute Gasteiger partial charge is 0.494 e. The number of carbonyl (C=O) groups excluding carboxylic acids is 1. The molecule has 0 aliphatic heterocycles. The van der Waals surface area contributed by atoms with Crippen LogP contribution in [-0.2, 0) is 4.84 Å². The average molecular weight is 520 g/mol. The van der Waals surface area contributed by atoms with Crippen LogP contribution in [0.4, 0.5) is 27.4 Å². The summed E-state index contributed by atoms with van der Waals surface area (Å²) in [5, 5.41) is 14.3. The second-order valence-corrected chi connectivity index (χ2v) is 8.17. The molecule has 3 N–H and O–H groups in total. The van der Waals surface area contributed by atoms with Gasteiger partial charge in [-0.05, 0) is 39.3 Å². The summed E-state index contributed by atoms with van der Waals surface area (Å²) in [7, 11) is 1.44. The van der Waals surface area contributed by atoms with Crippen LogP contribution in [0, 0.1) is 26.6 Å². The fraction of sp³-hybridized carbons (Fsp3) is 0.240. The molecule has 3 aromatic heterocycles. The van der Waals surface area contributed by atoms with Gasteiger partial charge in [-0.15, -0.1) is 10.2 Å². The minimum Gasteiger partial charge on any atom is -0.494 e. The molecule has 0 atom stereocenters. The van der Waals surface area contributed by atoms with E-state index in [9.17, 15) is 9.18 Å². The zero-order chi connectivity index (χ0) is 27.2. The van der Waals surface area contributed by atoms with Crippen LogP contribution in [0.2, 0.25) is 0 Å². The number of aryl methyl sites for hydroxylation is 3. The summed E-state index contributed by atoms with van der Waals surface area (Å²) >= 11 is 0. The first-order valence-electron chi connectivity index (χ1n) is 11.6. The Morgan fingerprint density at radius 3 is 2.39 bits per heavy atom. The van der Waals surface area contributed by atoms with Crippen LogP contribution in [0.1, 0.15) is 34.5 Å². The predicted molar refractivity (Wildman–Crippen MR) is 138 cm³/mol. The molecule has 0 fully saturated rings. The van der Waals surface area contributed by atoms with E-state index in [-0.39, 0.29) is 41.1 Å². The van der Waals surface area contributed by atoms with E-state index in [2.05, 4.69) is 46.2 Å². The molecule has 1 aromatic carbocycles. The SMILES string of the molecule is CCONC(=O)c1nnc(Nc2cc(C)nc(C)n2)cc1Nc1cc(F)cc(-c2ncc(C)cn2)c1OC.